The van der Waals surface area contributed by atoms with Crippen LogP contribution in [0.1, 0.15) is 0 Å². The first-order chi connectivity index (χ1) is 10.6. The third-order valence-corrected chi connectivity index (χ3v) is 3.53. The van der Waals surface area contributed by atoms with Crippen LogP contribution in [0.5, 0.6) is 0 Å². The van der Waals surface area contributed by atoms with Gasteiger partial charge >= 0.3 is 0 Å². The SMILES string of the molecule is CN(C)c1ccc(N=Nc2ccc(N)cc2)c2ccccc12. The van der Waals surface area contributed by atoms with Crippen LogP contribution < -0.4 is 10.6 Å². The first-order valence-corrected chi connectivity index (χ1v) is 7.11. The largest absolute Gasteiger partial charge is 0.399 e. The van der Waals surface area contributed by atoms with Gasteiger partial charge < -0.3 is 10.6 Å². The summed E-state index contributed by atoms with van der Waals surface area (Å²) < 4.78 is 0. The van der Waals surface area contributed by atoms with Crippen molar-refractivity contribution in [2.45, 2.75) is 0 Å². The Labute approximate surface area is 129 Å². The Morgan fingerprint density at radius 3 is 2.14 bits per heavy atom. The molecule has 22 heavy (non-hydrogen) atoms. The van der Waals surface area contributed by atoms with Crippen LogP contribution >= 0.6 is 0 Å². The molecule has 3 rings (SSSR count). The van der Waals surface area contributed by atoms with Gasteiger partial charge in [0.05, 0.1) is 11.4 Å². The molecule has 0 aliphatic rings. The summed E-state index contributed by atoms with van der Waals surface area (Å²) in [6.07, 6.45) is 0. The number of rotatable bonds is 3. The van der Waals surface area contributed by atoms with E-state index in [1.54, 1.807) is 0 Å². The van der Waals surface area contributed by atoms with Gasteiger partial charge in [-0.05, 0) is 36.4 Å². The van der Waals surface area contributed by atoms with Gasteiger partial charge in [0.1, 0.15) is 0 Å². The monoisotopic (exact) mass is 290 g/mol. The van der Waals surface area contributed by atoms with Crippen LogP contribution in [-0.2, 0) is 0 Å². The topological polar surface area (TPSA) is 54.0 Å². The standard InChI is InChI=1S/C18H18N4/c1-22(2)18-12-11-17(15-5-3-4-6-16(15)18)21-20-14-9-7-13(19)8-10-14/h3-12H,19H2,1-2H3. The second kappa shape index (κ2) is 5.85. The Kier molecular flexibility index (Phi) is 3.74. The van der Waals surface area contributed by atoms with Crippen molar-refractivity contribution in [1.29, 1.82) is 0 Å². The molecule has 0 saturated heterocycles. The van der Waals surface area contributed by atoms with Crippen LogP contribution in [0.4, 0.5) is 22.7 Å². The van der Waals surface area contributed by atoms with Crippen molar-refractivity contribution in [3.8, 4) is 0 Å². The summed E-state index contributed by atoms with van der Waals surface area (Å²) in [5, 5.41) is 11.0. The smallest absolute Gasteiger partial charge is 0.0936 e. The molecule has 110 valence electrons. The van der Waals surface area contributed by atoms with Crippen molar-refractivity contribution in [3.05, 3.63) is 60.7 Å². The zero-order valence-electron chi connectivity index (χ0n) is 12.7. The van der Waals surface area contributed by atoms with E-state index >= 15 is 0 Å². The lowest BCUT2D eigenvalue weighted by Crippen LogP contribution is -2.08. The predicted molar refractivity (Wildman–Crippen MR) is 93.3 cm³/mol. The quantitative estimate of drug-likeness (QED) is 0.550. The summed E-state index contributed by atoms with van der Waals surface area (Å²) in [5.74, 6) is 0. The summed E-state index contributed by atoms with van der Waals surface area (Å²) in [6, 6.07) is 19.7. The maximum absolute atomic E-state index is 5.68. The number of nitrogen functional groups attached to an aromatic ring is 1. The minimum absolute atomic E-state index is 0.722. The zero-order valence-corrected chi connectivity index (χ0v) is 12.7. The van der Waals surface area contributed by atoms with E-state index in [-0.39, 0.29) is 0 Å². The number of anilines is 2. The van der Waals surface area contributed by atoms with Gasteiger partial charge in [-0.3, -0.25) is 0 Å². The second-order valence-corrected chi connectivity index (χ2v) is 5.34. The average Bonchev–Trinajstić information content (AvgIpc) is 2.53. The fraction of sp³-hybridized carbons (Fsp3) is 0.111. The molecule has 4 nitrogen and oxygen atoms in total. The van der Waals surface area contributed by atoms with Crippen LogP contribution in [0.3, 0.4) is 0 Å². The summed E-state index contributed by atoms with van der Waals surface area (Å²) in [7, 11) is 4.08. The number of nitrogens with zero attached hydrogens (tertiary/aromatic N) is 3. The number of nitrogens with two attached hydrogens (primary N) is 1. The van der Waals surface area contributed by atoms with Crippen molar-refractivity contribution in [2.24, 2.45) is 10.2 Å². The Morgan fingerprint density at radius 2 is 1.45 bits per heavy atom. The van der Waals surface area contributed by atoms with E-state index in [0.29, 0.717) is 0 Å². The highest BCUT2D eigenvalue weighted by molar-refractivity contribution is 6.01. The highest BCUT2D eigenvalue weighted by atomic mass is 15.1. The van der Waals surface area contributed by atoms with Gasteiger partial charge in [-0.1, -0.05) is 24.3 Å². The molecule has 3 aromatic rings. The van der Waals surface area contributed by atoms with E-state index in [4.69, 9.17) is 5.73 Å². The maximum Gasteiger partial charge on any atom is 0.0936 e. The van der Waals surface area contributed by atoms with Gasteiger partial charge in [-0.15, -0.1) is 5.11 Å². The summed E-state index contributed by atoms with van der Waals surface area (Å²) in [4.78, 5) is 2.10. The van der Waals surface area contributed by atoms with Crippen LogP contribution in [0.2, 0.25) is 0 Å². The minimum atomic E-state index is 0.722. The van der Waals surface area contributed by atoms with E-state index in [2.05, 4.69) is 33.3 Å². The molecule has 0 radical (unpaired) electrons. The van der Waals surface area contributed by atoms with Gasteiger partial charge in [0.25, 0.3) is 0 Å². The van der Waals surface area contributed by atoms with Crippen molar-refractivity contribution in [3.63, 3.8) is 0 Å². The number of hydrogen-bond acceptors (Lipinski definition) is 4. The molecule has 0 aliphatic heterocycles. The van der Waals surface area contributed by atoms with E-state index in [1.165, 1.54) is 11.1 Å². The van der Waals surface area contributed by atoms with Crippen LogP contribution in [0.25, 0.3) is 10.8 Å². The van der Waals surface area contributed by atoms with Gasteiger partial charge in [0, 0.05) is 36.2 Å². The highest BCUT2D eigenvalue weighted by Crippen LogP contribution is 2.33. The predicted octanol–water partition coefficient (Wildman–Crippen LogP) is 4.90. The van der Waals surface area contributed by atoms with Crippen LogP contribution in [-0.4, -0.2) is 14.1 Å². The molecule has 0 saturated carbocycles. The Hall–Kier alpha value is -2.88. The number of hydrogen-bond donors (Lipinski definition) is 1. The van der Waals surface area contributed by atoms with E-state index < -0.39 is 0 Å². The summed E-state index contributed by atoms with van der Waals surface area (Å²) in [5.41, 5.74) is 9.21. The normalized spacial score (nSPS) is 11.2. The van der Waals surface area contributed by atoms with Gasteiger partial charge in [-0.25, -0.2) is 0 Å². The lowest BCUT2D eigenvalue weighted by Gasteiger charge is -2.16. The summed E-state index contributed by atoms with van der Waals surface area (Å²) >= 11 is 0. The minimum Gasteiger partial charge on any atom is -0.399 e. The highest BCUT2D eigenvalue weighted by Gasteiger charge is 2.06. The molecule has 0 bridgehead atoms. The average molecular weight is 290 g/mol. The Morgan fingerprint density at radius 1 is 0.773 bits per heavy atom. The van der Waals surface area contributed by atoms with Crippen molar-refractivity contribution < 1.29 is 0 Å². The zero-order chi connectivity index (χ0) is 15.5. The number of benzene rings is 3. The molecule has 2 N–H and O–H groups in total. The van der Waals surface area contributed by atoms with Gasteiger partial charge in [0.2, 0.25) is 0 Å². The second-order valence-electron chi connectivity index (χ2n) is 5.34. The van der Waals surface area contributed by atoms with Crippen LogP contribution in [0, 0.1) is 0 Å². The number of fused-ring (bicyclic) bond motifs is 1. The molecule has 0 aliphatic carbocycles. The van der Waals surface area contributed by atoms with Crippen molar-refractivity contribution in [1.82, 2.24) is 0 Å². The van der Waals surface area contributed by atoms with Crippen molar-refractivity contribution >= 4 is 33.5 Å². The Bertz CT molecular complexity index is 820. The first-order valence-electron chi connectivity index (χ1n) is 7.11. The number of azo groups is 1. The molecule has 4 heteroatoms. The van der Waals surface area contributed by atoms with Crippen LogP contribution in [0.15, 0.2) is 70.9 Å². The van der Waals surface area contributed by atoms with E-state index in [1.807, 2.05) is 56.6 Å². The molecule has 0 spiro atoms. The molecular weight excluding hydrogens is 272 g/mol. The molecule has 0 atom stereocenters. The lowest BCUT2D eigenvalue weighted by molar-refractivity contribution is 1.14. The molecule has 0 amide bonds. The summed E-state index contributed by atoms with van der Waals surface area (Å²) in [6.45, 7) is 0. The maximum atomic E-state index is 5.68. The van der Waals surface area contributed by atoms with E-state index in [0.717, 1.165) is 22.4 Å². The first kappa shape index (κ1) is 14.1. The van der Waals surface area contributed by atoms with Gasteiger partial charge in [-0.2, -0.15) is 5.11 Å². The van der Waals surface area contributed by atoms with Gasteiger partial charge in [0.15, 0.2) is 0 Å². The molecule has 3 aromatic carbocycles. The van der Waals surface area contributed by atoms with E-state index in [9.17, 15) is 0 Å². The fourth-order valence-corrected chi connectivity index (χ4v) is 2.40. The third-order valence-electron chi connectivity index (χ3n) is 3.53. The third kappa shape index (κ3) is 2.76. The molecular formula is C18H18N4. The molecule has 0 heterocycles. The molecule has 0 fully saturated rings. The lowest BCUT2D eigenvalue weighted by atomic mass is 10.1. The fourth-order valence-electron chi connectivity index (χ4n) is 2.40. The molecule has 0 unspecified atom stereocenters. The van der Waals surface area contributed by atoms with Crippen molar-refractivity contribution in [2.75, 3.05) is 24.7 Å². The Balaban J connectivity index is 2.04. The molecule has 0 aromatic heterocycles.